The standard InChI is InChI=1S/C14H19FN2OS/c15-13-3-1-2-11(10-16-12-4-5-12)14(13)17-6-8-19(18)9-7-17/h1-3,12,16H,4-10H2. The van der Waals surface area contributed by atoms with Gasteiger partial charge in [-0.05, 0) is 24.5 Å². The summed E-state index contributed by atoms with van der Waals surface area (Å²) >= 11 is 0. The molecule has 0 radical (unpaired) electrons. The number of hydrogen-bond acceptors (Lipinski definition) is 3. The van der Waals surface area contributed by atoms with E-state index in [1.54, 1.807) is 6.07 Å². The summed E-state index contributed by atoms with van der Waals surface area (Å²) < 4.78 is 25.5. The molecule has 104 valence electrons. The number of anilines is 1. The van der Waals surface area contributed by atoms with Gasteiger partial charge in [0.15, 0.2) is 0 Å². The van der Waals surface area contributed by atoms with E-state index in [2.05, 4.69) is 5.32 Å². The summed E-state index contributed by atoms with van der Waals surface area (Å²) in [7, 11) is -0.729. The third kappa shape index (κ3) is 3.15. The number of para-hydroxylation sites is 1. The average molecular weight is 282 g/mol. The van der Waals surface area contributed by atoms with Crippen molar-refractivity contribution in [1.29, 1.82) is 0 Å². The zero-order valence-electron chi connectivity index (χ0n) is 10.9. The van der Waals surface area contributed by atoms with Gasteiger partial charge in [-0.3, -0.25) is 4.21 Å². The first kappa shape index (κ1) is 13.1. The quantitative estimate of drug-likeness (QED) is 0.911. The van der Waals surface area contributed by atoms with Gasteiger partial charge in [-0.2, -0.15) is 0 Å². The van der Waals surface area contributed by atoms with E-state index in [1.807, 2.05) is 11.0 Å². The fraction of sp³-hybridized carbons (Fsp3) is 0.571. The Labute approximate surface area is 115 Å². The highest BCUT2D eigenvalue weighted by molar-refractivity contribution is 7.85. The van der Waals surface area contributed by atoms with Crippen LogP contribution in [0.3, 0.4) is 0 Å². The largest absolute Gasteiger partial charge is 0.367 e. The van der Waals surface area contributed by atoms with E-state index in [1.165, 1.54) is 18.9 Å². The molecule has 0 spiro atoms. The third-order valence-corrected chi connectivity index (χ3v) is 5.00. The van der Waals surface area contributed by atoms with Crippen LogP contribution in [0.5, 0.6) is 0 Å². The highest BCUT2D eigenvalue weighted by Crippen LogP contribution is 2.27. The van der Waals surface area contributed by atoms with Crippen molar-refractivity contribution in [3.63, 3.8) is 0 Å². The maximum Gasteiger partial charge on any atom is 0.146 e. The Morgan fingerprint density at radius 1 is 1.32 bits per heavy atom. The van der Waals surface area contributed by atoms with Crippen LogP contribution >= 0.6 is 0 Å². The second-order valence-electron chi connectivity index (χ2n) is 5.24. The van der Waals surface area contributed by atoms with Gasteiger partial charge in [-0.25, -0.2) is 4.39 Å². The Balaban J connectivity index is 1.78. The second-order valence-corrected chi connectivity index (χ2v) is 6.93. The smallest absolute Gasteiger partial charge is 0.146 e. The Bertz CT molecular complexity index is 480. The molecule has 19 heavy (non-hydrogen) atoms. The Morgan fingerprint density at radius 2 is 2.05 bits per heavy atom. The van der Waals surface area contributed by atoms with E-state index in [-0.39, 0.29) is 5.82 Å². The molecule has 2 fully saturated rings. The van der Waals surface area contributed by atoms with Gasteiger partial charge in [-0.15, -0.1) is 0 Å². The molecule has 3 nitrogen and oxygen atoms in total. The lowest BCUT2D eigenvalue weighted by Gasteiger charge is -2.30. The zero-order chi connectivity index (χ0) is 13.2. The fourth-order valence-electron chi connectivity index (χ4n) is 2.46. The molecule has 1 saturated carbocycles. The maximum absolute atomic E-state index is 14.1. The van der Waals surface area contributed by atoms with E-state index in [9.17, 15) is 8.60 Å². The first-order valence-corrected chi connectivity index (χ1v) is 8.33. The van der Waals surface area contributed by atoms with Crippen LogP contribution in [0, 0.1) is 5.82 Å². The fourth-order valence-corrected chi connectivity index (χ4v) is 3.51. The first-order chi connectivity index (χ1) is 9.24. The number of halogens is 1. The van der Waals surface area contributed by atoms with Gasteiger partial charge < -0.3 is 10.2 Å². The third-order valence-electron chi connectivity index (χ3n) is 3.72. The van der Waals surface area contributed by atoms with Crippen molar-refractivity contribution in [2.45, 2.75) is 25.4 Å². The highest BCUT2D eigenvalue weighted by atomic mass is 32.2. The number of benzene rings is 1. The molecule has 0 amide bonds. The summed E-state index contributed by atoms with van der Waals surface area (Å²) in [5, 5.41) is 3.44. The van der Waals surface area contributed by atoms with Gasteiger partial charge in [0.05, 0.1) is 5.69 Å². The molecule has 0 unspecified atom stereocenters. The minimum Gasteiger partial charge on any atom is -0.367 e. The van der Waals surface area contributed by atoms with Gasteiger partial charge in [-0.1, -0.05) is 12.1 Å². The molecule has 1 heterocycles. The average Bonchev–Trinajstić information content (AvgIpc) is 3.22. The normalized spacial score (nSPS) is 20.8. The summed E-state index contributed by atoms with van der Waals surface area (Å²) in [5.41, 5.74) is 1.71. The topological polar surface area (TPSA) is 32.3 Å². The van der Waals surface area contributed by atoms with Gasteiger partial charge in [0, 0.05) is 48.0 Å². The number of nitrogens with one attached hydrogen (secondary N) is 1. The van der Waals surface area contributed by atoms with E-state index < -0.39 is 10.8 Å². The summed E-state index contributed by atoms with van der Waals surface area (Å²) in [6, 6.07) is 5.89. The molecule has 5 heteroatoms. The van der Waals surface area contributed by atoms with E-state index >= 15 is 0 Å². The summed E-state index contributed by atoms with van der Waals surface area (Å²) in [4.78, 5) is 2.04. The minimum atomic E-state index is -0.729. The predicted molar refractivity (Wildman–Crippen MR) is 76.4 cm³/mol. The Morgan fingerprint density at radius 3 is 2.74 bits per heavy atom. The van der Waals surface area contributed by atoms with E-state index in [0.717, 1.165) is 12.1 Å². The van der Waals surface area contributed by atoms with Crippen LogP contribution in [-0.4, -0.2) is 34.8 Å². The maximum atomic E-state index is 14.1. The first-order valence-electron chi connectivity index (χ1n) is 6.85. The number of hydrogen-bond donors (Lipinski definition) is 1. The summed E-state index contributed by atoms with van der Waals surface area (Å²) in [6.07, 6.45) is 2.46. The number of nitrogens with zero attached hydrogens (tertiary/aromatic N) is 1. The molecular weight excluding hydrogens is 263 g/mol. The molecule has 1 aliphatic carbocycles. The molecule has 3 rings (SSSR count). The van der Waals surface area contributed by atoms with Crippen LogP contribution in [0.2, 0.25) is 0 Å². The summed E-state index contributed by atoms with van der Waals surface area (Å²) in [6.45, 7) is 2.09. The molecule has 2 aliphatic rings. The van der Waals surface area contributed by atoms with Crippen LogP contribution in [-0.2, 0) is 17.3 Å². The van der Waals surface area contributed by atoms with Crippen molar-refractivity contribution in [2.24, 2.45) is 0 Å². The van der Waals surface area contributed by atoms with Crippen LogP contribution in [0.15, 0.2) is 18.2 Å². The van der Waals surface area contributed by atoms with Gasteiger partial charge in [0.25, 0.3) is 0 Å². The predicted octanol–water partition coefficient (Wildman–Crippen LogP) is 1.65. The van der Waals surface area contributed by atoms with Gasteiger partial charge in [0.1, 0.15) is 5.82 Å². The highest BCUT2D eigenvalue weighted by Gasteiger charge is 2.23. The Hall–Kier alpha value is -0.940. The van der Waals surface area contributed by atoms with Crippen molar-refractivity contribution in [3.05, 3.63) is 29.6 Å². The monoisotopic (exact) mass is 282 g/mol. The molecule has 1 aromatic rings. The Kier molecular flexibility index (Phi) is 3.84. The zero-order valence-corrected chi connectivity index (χ0v) is 11.7. The van der Waals surface area contributed by atoms with E-state index in [4.69, 9.17) is 0 Å². The molecule has 1 saturated heterocycles. The lowest BCUT2D eigenvalue weighted by atomic mass is 10.1. The second kappa shape index (κ2) is 5.59. The molecule has 1 aliphatic heterocycles. The van der Waals surface area contributed by atoms with Crippen LogP contribution in [0.1, 0.15) is 18.4 Å². The molecule has 1 aromatic carbocycles. The molecule has 1 N–H and O–H groups in total. The van der Waals surface area contributed by atoms with Crippen LogP contribution < -0.4 is 10.2 Å². The molecule has 0 atom stereocenters. The molecule has 0 bridgehead atoms. The van der Waals surface area contributed by atoms with Crippen molar-refractivity contribution < 1.29 is 8.60 Å². The van der Waals surface area contributed by atoms with Gasteiger partial charge in [0.2, 0.25) is 0 Å². The summed E-state index contributed by atoms with van der Waals surface area (Å²) in [5.74, 6) is 1.12. The molecular formula is C14H19FN2OS. The lowest BCUT2D eigenvalue weighted by Crippen LogP contribution is -2.39. The van der Waals surface area contributed by atoms with Crippen molar-refractivity contribution in [3.8, 4) is 0 Å². The molecule has 0 aromatic heterocycles. The van der Waals surface area contributed by atoms with Crippen molar-refractivity contribution >= 4 is 16.5 Å². The number of rotatable bonds is 4. The van der Waals surface area contributed by atoms with Crippen LogP contribution in [0.4, 0.5) is 10.1 Å². The van der Waals surface area contributed by atoms with E-state index in [0.29, 0.717) is 36.3 Å². The lowest BCUT2D eigenvalue weighted by molar-refractivity contribution is 0.608. The minimum absolute atomic E-state index is 0.164. The van der Waals surface area contributed by atoms with Crippen LogP contribution in [0.25, 0.3) is 0 Å². The van der Waals surface area contributed by atoms with Crippen molar-refractivity contribution in [2.75, 3.05) is 29.5 Å². The van der Waals surface area contributed by atoms with Crippen molar-refractivity contribution in [1.82, 2.24) is 5.32 Å². The SMILES string of the molecule is O=S1CCN(c2c(F)cccc2CNC2CC2)CC1. The van der Waals surface area contributed by atoms with Gasteiger partial charge >= 0.3 is 0 Å².